The summed E-state index contributed by atoms with van der Waals surface area (Å²) in [6.07, 6.45) is 0. The van der Waals surface area contributed by atoms with E-state index >= 15 is 0 Å². The number of ether oxygens (including phenoxy) is 2. The van der Waals surface area contributed by atoms with E-state index in [2.05, 4.69) is 0 Å². The van der Waals surface area contributed by atoms with Gasteiger partial charge in [0.2, 0.25) is 0 Å². The average molecular weight is 265 g/mol. The van der Waals surface area contributed by atoms with Crippen molar-refractivity contribution < 1.29 is 19.1 Å². The summed E-state index contributed by atoms with van der Waals surface area (Å²) in [7, 11) is 3.14. The molecule has 0 radical (unpaired) electrons. The molecule has 5 heteroatoms. The lowest BCUT2D eigenvalue weighted by atomic mass is 10.1. The van der Waals surface area contributed by atoms with Crippen molar-refractivity contribution in [1.82, 2.24) is 0 Å². The summed E-state index contributed by atoms with van der Waals surface area (Å²) >= 11 is 0. The molecular formula is C14H19NO4. The SMILES string of the molecule is CCOC(=O)C(=O)N(C)c1cc(C)c(OC)c(C)c1. The number of amides is 1. The molecule has 1 rings (SSSR count). The number of esters is 1. The molecule has 0 saturated heterocycles. The lowest BCUT2D eigenvalue weighted by molar-refractivity contribution is -0.153. The van der Waals surface area contributed by atoms with Crippen LogP contribution in [-0.2, 0) is 14.3 Å². The Morgan fingerprint density at radius 1 is 1.21 bits per heavy atom. The standard InChI is InChI=1S/C14H19NO4/c1-6-19-14(17)13(16)15(4)11-7-9(2)12(18-5)10(3)8-11/h7-8H,6H2,1-5H3. The van der Waals surface area contributed by atoms with Gasteiger partial charge in [-0.05, 0) is 44.0 Å². The summed E-state index contributed by atoms with van der Waals surface area (Å²) in [6, 6.07) is 3.59. The minimum absolute atomic E-state index is 0.180. The van der Waals surface area contributed by atoms with E-state index in [4.69, 9.17) is 9.47 Å². The normalized spacial score (nSPS) is 9.95. The fourth-order valence-electron chi connectivity index (χ4n) is 1.89. The van der Waals surface area contributed by atoms with Gasteiger partial charge in [-0.15, -0.1) is 0 Å². The van der Waals surface area contributed by atoms with Gasteiger partial charge in [-0.3, -0.25) is 4.79 Å². The van der Waals surface area contributed by atoms with Crippen molar-refractivity contribution in [2.45, 2.75) is 20.8 Å². The molecule has 5 nitrogen and oxygen atoms in total. The van der Waals surface area contributed by atoms with Gasteiger partial charge in [-0.25, -0.2) is 4.79 Å². The molecule has 0 aromatic heterocycles. The van der Waals surface area contributed by atoms with Crippen molar-refractivity contribution in [3.63, 3.8) is 0 Å². The van der Waals surface area contributed by atoms with Crippen molar-refractivity contribution in [3.05, 3.63) is 23.3 Å². The van der Waals surface area contributed by atoms with Crippen LogP contribution in [0.2, 0.25) is 0 Å². The summed E-state index contributed by atoms with van der Waals surface area (Å²) in [4.78, 5) is 24.5. The van der Waals surface area contributed by atoms with Gasteiger partial charge in [0.25, 0.3) is 0 Å². The Balaban J connectivity index is 3.04. The first kappa shape index (κ1) is 15.0. The molecular weight excluding hydrogens is 246 g/mol. The number of hydrogen-bond acceptors (Lipinski definition) is 4. The number of anilines is 1. The Morgan fingerprint density at radius 2 is 1.74 bits per heavy atom. The van der Waals surface area contributed by atoms with Crippen LogP contribution in [0.5, 0.6) is 5.75 Å². The molecule has 0 aliphatic carbocycles. The zero-order valence-electron chi connectivity index (χ0n) is 11.9. The first-order valence-electron chi connectivity index (χ1n) is 6.02. The first-order valence-corrected chi connectivity index (χ1v) is 6.02. The molecule has 0 spiro atoms. The molecule has 1 aromatic rings. The third-order valence-corrected chi connectivity index (χ3v) is 2.79. The number of carbonyl (C=O) groups excluding carboxylic acids is 2. The van der Waals surface area contributed by atoms with E-state index in [-0.39, 0.29) is 6.61 Å². The summed E-state index contributed by atoms with van der Waals surface area (Å²) in [5, 5.41) is 0. The third kappa shape index (κ3) is 3.24. The van der Waals surface area contributed by atoms with Crippen LogP contribution in [-0.4, -0.2) is 32.6 Å². The van der Waals surface area contributed by atoms with E-state index in [9.17, 15) is 9.59 Å². The zero-order chi connectivity index (χ0) is 14.6. The predicted octanol–water partition coefficient (Wildman–Crippen LogP) is 1.84. The Bertz CT molecular complexity index is 473. The first-order chi connectivity index (χ1) is 8.92. The van der Waals surface area contributed by atoms with Crippen LogP contribution >= 0.6 is 0 Å². The second kappa shape index (κ2) is 6.22. The number of hydrogen-bond donors (Lipinski definition) is 0. The Labute approximate surface area is 113 Å². The molecule has 0 fully saturated rings. The highest BCUT2D eigenvalue weighted by Crippen LogP contribution is 2.28. The maximum atomic E-state index is 11.8. The molecule has 19 heavy (non-hydrogen) atoms. The van der Waals surface area contributed by atoms with E-state index in [0.717, 1.165) is 16.9 Å². The quantitative estimate of drug-likeness (QED) is 0.618. The van der Waals surface area contributed by atoms with Crippen LogP contribution < -0.4 is 9.64 Å². The zero-order valence-corrected chi connectivity index (χ0v) is 11.9. The third-order valence-electron chi connectivity index (χ3n) is 2.79. The highest BCUT2D eigenvalue weighted by molar-refractivity contribution is 6.37. The summed E-state index contributed by atoms with van der Waals surface area (Å²) in [5.74, 6) is -0.761. The lowest BCUT2D eigenvalue weighted by Gasteiger charge is -2.19. The van der Waals surface area contributed by atoms with E-state index in [1.54, 1.807) is 33.2 Å². The maximum absolute atomic E-state index is 11.8. The minimum Gasteiger partial charge on any atom is -0.496 e. The van der Waals surface area contributed by atoms with Crippen molar-refractivity contribution in [2.24, 2.45) is 0 Å². The monoisotopic (exact) mass is 265 g/mol. The molecule has 0 aliphatic heterocycles. The summed E-state index contributed by atoms with van der Waals surface area (Å²) in [5.41, 5.74) is 2.44. The van der Waals surface area contributed by atoms with E-state index in [1.165, 1.54) is 4.90 Å². The maximum Gasteiger partial charge on any atom is 0.397 e. The number of methoxy groups -OCH3 is 1. The van der Waals surface area contributed by atoms with E-state index < -0.39 is 11.9 Å². The second-order valence-corrected chi connectivity index (χ2v) is 4.20. The van der Waals surface area contributed by atoms with E-state index in [0.29, 0.717) is 5.69 Å². The molecule has 0 aliphatic rings. The van der Waals surface area contributed by atoms with Crippen LogP contribution in [0.15, 0.2) is 12.1 Å². The number of carbonyl (C=O) groups is 2. The van der Waals surface area contributed by atoms with E-state index in [1.807, 2.05) is 13.8 Å². The minimum atomic E-state index is -0.851. The van der Waals surface area contributed by atoms with Gasteiger partial charge in [0, 0.05) is 12.7 Å². The van der Waals surface area contributed by atoms with Gasteiger partial charge >= 0.3 is 11.9 Å². The molecule has 0 unspecified atom stereocenters. The van der Waals surface area contributed by atoms with Gasteiger partial charge in [0.1, 0.15) is 5.75 Å². The van der Waals surface area contributed by atoms with Crippen molar-refractivity contribution >= 4 is 17.6 Å². The van der Waals surface area contributed by atoms with Crippen molar-refractivity contribution in [2.75, 3.05) is 25.7 Å². The Morgan fingerprint density at radius 3 is 2.16 bits per heavy atom. The number of nitrogens with zero attached hydrogens (tertiary/aromatic N) is 1. The highest BCUT2D eigenvalue weighted by Gasteiger charge is 2.22. The van der Waals surface area contributed by atoms with Crippen LogP contribution in [0.1, 0.15) is 18.1 Å². The average Bonchev–Trinajstić information content (AvgIpc) is 2.36. The molecule has 104 valence electrons. The topological polar surface area (TPSA) is 55.8 Å². The summed E-state index contributed by atoms with van der Waals surface area (Å²) < 4.78 is 9.96. The van der Waals surface area contributed by atoms with Gasteiger partial charge < -0.3 is 14.4 Å². The fraction of sp³-hybridized carbons (Fsp3) is 0.429. The molecule has 0 heterocycles. The smallest absolute Gasteiger partial charge is 0.397 e. The Hall–Kier alpha value is -2.04. The molecule has 1 aromatic carbocycles. The van der Waals surface area contributed by atoms with Crippen LogP contribution in [0.25, 0.3) is 0 Å². The van der Waals surface area contributed by atoms with Crippen LogP contribution in [0.4, 0.5) is 5.69 Å². The molecule has 0 saturated carbocycles. The number of aryl methyl sites for hydroxylation is 2. The lowest BCUT2D eigenvalue weighted by Crippen LogP contribution is -2.34. The fourth-order valence-corrected chi connectivity index (χ4v) is 1.89. The van der Waals surface area contributed by atoms with Gasteiger partial charge in [0.15, 0.2) is 0 Å². The molecule has 0 bridgehead atoms. The molecule has 0 N–H and O–H groups in total. The van der Waals surface area contributed by atoms with Crippen LogP contribution in [0, 0.1) is 13.8 Å². The largest absolute Gasteiger partial charge is 0.496 e. The van der Waals surface area contributed by atoms with Crippen molar-refractivity contribution in [3.8, 4) is 5.75 Å². The molecule has 0 atom stereocenters. The second-order valence-electron chi connectivity index (χ2n) is 4.20. The van der Waals surface area contributed by atoms with Gasteiger partial charge in [-0.1, -0.05) is 0 Å². The molecule has 1 amide bonds. The van der Waals surface area contributed by atoms with Crippen LogP contribution in [0.3, 0.4) is 0 Å². The Kier molecular flexibility index (Phi) is 4.92. The number of benzene rings is 1. The van der Waals surface area contributed by atoms with Crippen molar-refractivity contribution in [1.29, 1.82) is 0 Å². The summed E-state index contributed by atoms with van der Waals surface area (Å²) in [6.45, 7) is 5.61. The highest BCUT2D eigenvalue weighted by atomic mass is 16.5. The number of likely N-dealkylation sites (N-methyl/N-ethyl adjacent to an activating group) is 1. The van der Waals surface area contributed by atoms with Gasteiger partial charge in [0.05, 0.1) is 13.7 Å². The van der Waals surface area contributed by atoms with Gasteiger partial charge in [-0.2, -0.15) is 0 Å². The number of rotatable bonds is 3. The predicted molar refractivity (Wildman–Crippen MR) is 72.5 cm³/mol.